The van der Waals surface area contributed by atoms with Gasteiger partial charge in [-0.3, -0.25) is 4.79 Å². The number of rotatable bonds is 4. The van der Waals surface area contributed by atoms with Crippen molar-refractivity contribution in [3.63, 3.8) is 0 Å². The maximum absolute atomic E-state index is 13.2. The average Bonchev–Trinajstić information content (AvgIpc) is 2.63. The number of piperidine rings is 1. The van der Waals surface area contributed by atoms with Crippen molar-refractivity contribution in [3.8, 4) is 0 Å². The van der Waals surface area contributed by atoms with Crippen molar-refractivity contribution in [3.05, 3.63) is 58.9 Å². The Balaban J connectivity index is 1.84. The van der Waals surface area contributed by atoms with E-state index in [1.165, 1.54) is 40.7 Å². The zero-order chi connectivity index (χ0) is 20.5. The molecule has 0 aromatic heterocycles. The van der Waals surface area contributed by atoms with Crippen molar-refractivity contribution < 1.29 is 17.6 Å². The van der Waals surface area contributed by atoms with Crippen LogP contribution in [0.1, 0.15) is 30.6 Å². The SMILES string of the molecule is CC1CC(C)CN(S(=O)(=O)c2cccc(C(=O)Nc3ccc(F)cc3Cl)c2)C1. The number of hydrogen-bond acceptors (Lipinski definition) is 3. The van der Waals surface area contributed by atoms with Crippen LogP contribution in [0.5, 0.6) is 0 Å². The van der Waals surface area contributed by atoms with Crippen LogP contribution in [-0.4, -0.2) is 31.7 Å². The van der Waals surface area contributed by atoms with Gasteiger partial charge in [-0.1, -0.05) is 31.5 Å². The van der Waals surface area contributed by atoms with E-state index in [-0.39, 0.29) is 33.0 Å². The lowest BCUT2D eigenvalue weighted by Gasteiger charge is -2.34. The van der Waals surface area contributed by atoms with E-state index >= 15 is 0 Å². The molecule has 2 aromatic carbocycles. The molecule has 1 amide bonds. The number of carbonyl (C=O) groups excluding carboxylic acids is 1. The standard InChI is InChI=1S/C20H22ClFN2O3S/c1-13-8-14(2)12-24(11-13)28(26,27)17-5-3-4-15(9-17)20(25)23-19-7-6-16(22)10-18(19)21/h3-7,9-10,13-14H,8,11-12H2,1-2H3,(H,23,25). The average molecular weight is 425 g/mol. The van der Waals surface area contributed by atoms with Crippen molar-refractivity contribution >= 4 is 33.2 Å². The first-order valence-corrected chi connectivity index (χ1v) is 10.8. The van der Waals surface area contributed by atoms with Crippen LogP contribution in [0.4, 0.5) is 10.1 Å². The van der Waals surface area contributed by atoms with Crippen molar-refractivity contribution in [2.24, 2.45) is 11.8 Å². The quantitative estimate of drug-likeness (QED) is 0.791. The molecule has 2 unspecified atom stereocenters. The van der Waals surface area contributed by atoms with Gasteiger partial charge in [-0.05, 0) is 54.7 Å². The fourth-order valence-corrected chi connectivity index (χ4v) is 5.47. The van der Waals surface area contributed by atoms with Gasteiger partial charge in [-0.2, -0.15) is 4.31 Å². The largest absolute Gasteiger partial charge is 0.321 e. The lowest BCUT2D eigenvalue weighted by Crippen LogP contribution is -2.42. The minimum atomic E-state index is -3.69. The summed E-state index contributed by atoms with van der Waals surface area (Å²) in [6.45, 7) is 5.01. The Labute approximate surface area is 169 Å². The van der Waals surface area contributed by atoms with E-state index in [0.717, 1.165) is 12.5 Å². The number of sulfonamides is 1. The molecule has 0 saturated carbocycles. The van der Waals surface area contributed by atoms with Crippen LogP contribution in [0, 0.1) is 17.7 Å². The number of nitrogens with zero attached hydrogens (tertiary/aromatic N) is 1. The highest BCUT2D eigenvalue weighted by Gasteiger charge is 2.32. The van der Waals surface area contributed by atoms with E-state index in [1.807, 2.05) is 13.8 Å². The van der Waals surface area contributed by atoms with Crippen molar-refractivity contribution in [2.45, 2.75) is 25.2 Å². The summed E-state index contributed by atoms with van der Waals surface area (Å²) >= 11 is 5.94. The molecule has 1 heterocycles. The molecule has 150 valence electrons. The second-order valence-corrected chi connectivity index (χ2v) is 9.72. The lowest BCUT2D eigenvalue weighted by atomic mass is 9.94. The first-order chi connectivity index (χ1) is 13.2. The molecule has 1 N–H and O–H groups in total. The van der Waals surface area contributed by atoms with Crippen LogP contribution in [0.25, 0.3) is 0 Å². The van der Waals surface area contributed by atoms with Crippen molar-refractivity contribution in [2.75, 3.05) is 18.4 Å². The summed E-state index contributed by atoms with van der Waals surface area (Å²) in [5.41, 5.74) is 0.430. The molecule has 2 aromatic rings. The molecule has 0 aliphatic carbocycles. The molecule has 0 bridgehead atoms. The smallest absolute Gasteiger partial charge is 0.255 e. The summed E-state index contributed by atoms with van der Waals surface area (Å²) in [5.74, 6) is -0.469. The van der Waals surface area contributed by atoms with Crippen LogP contribution in [0.2, 0.25) is 5.02 Å². The highest BCUT2D eigenvalue weighted by Crippen LogP contribution is 2.27. The molecular weight excluding hydrogens is 403 g/mol. The van der Waals surface area contributed by atoms with E-state index < -0.39 is 21.7 Å². The minimum Gasteiger partial charge on any atom is -0.321 e. The molecule has 1 fully saturated rings. The van der Waals surface area contributed by atoms with Gasteiger partial charge in [-0.25, -0.2) is 12.8 Å². The van der Waals surface area contributed by atoms with Gasteiger partial charge in [0.15, 0.2) is 0 Å². The maximum atomic E-state index is 13.2. The van der Waals surface area contributed by atoms with Crippen LogP contribution in [0.3, 0.4) is 0 Å². The predicted octanol–water partition coefficient (Wildman–Crippen LogP) is 4.40. The van der Waals surface area contributed by atoms with Gasteiger partial charge in [0.05, 0.1) is 15.6 Å². The number of carbonyl (C=O) groups is 1. The van der Waals surface area contributed by atoms with Gasteiger partial charge in [-0.15, -0.1) is 0 Å². The van der Waals surface area contributed by atoms with Gasteiger partial charge in [0.1, 0.15) is 5.82 Å². The van der Waals surface area contributed by atoms with Crippen LogP contribution in [0.15, 0.2) is 47.4 Å². The zero-order valence-electron chi connectivity index (χ0n) is 15.7. The summed E-state index contributed by atoms with van der Waals surface area (Å²) in [6.07, 6.45) is 0.993. The molecule has 1 aliphatic rings. The fraction of sp³-hybridized carbons (Fsp3) is 0.350. The van der Waals surface area contributed by atoms with Gasteiger partial charge in [0, 0.05) is 18.7 Å². The Kier molecular flexibility index (Phi) is 6.07. The highest BCUT2D eigenvalue weighted by atomic mass is 35.5. The maximum Gasteiger partial charge on any atom is 0.255 e. The number of hydrogen-bond donors (Lipinski definition) is 1. The Morgan fingerprint density at radius 1 is 1.14 bits per heavy atom. The number of nitrogens with one attached hydrogen (secondary N) is 1. The summed E-state index contributed by atoms with van der Waals surface area (Å²) < 4.78 is 40.7. The van der Waals surface area contributed by atoms with E-state index in [9.17, 15) is 17.6 Å². The molecule has 28 heavy (non-hydrogen) atoms. The third-order valence-electron chi connectivity index (χ3n) is 4.75. The molecule has 0 radical (unpaired) electrons. The topological polar surface area (TPSA) is 66.5 Å². The van der Waals surface area contributed by atoms with E-state index in [1.54, 1.807) is 0 Å². The summed E-state index contributed by atoms with van der Waals surface area (Å²) in [5, 5.41) is 2.64. The predicted molar refractivity (Wildman–Crippen MR) is 108 cm³/mol. The molecule has 8 heteroatoms. The van der Waals surface area contributed by atoms with Gasteiger partial charge in [0.2, 0.25) is 10.0 Å². The number of halogens is 2. The van der Waals surface area contributed by atoms with Crippen molar-refractivity contribution in [1.29, 1.82) is 0 Å². The van der Waals surface area contributed by atoms with E-state index in [2.05, 4.69) is 5.32 Å². The first-order valence-electron chi connectivity index (χ1n) is 9.03. The van der Waals surface area contributed by atoms with Crippen LogP contribution in [-0.2, 0) is 10.0 Å². The Morgan fingerprint density at radius 2 is 1.82 bits per heavy atom. The normalized spacial score (nSPS) is 20.7. The molecule has 5 nitrogen and oxygen atoms in total. The Bertz CT molecular complexity index is 987. The minimum absolute atomic E-state index is 0.0634. The number of anilines is 1. The molecule has 0 spiro atoms. The monoisotopic (exact) mass is 424 g/mol. The zero-order valence-corrected chi connectivity index (χ0v) is 17.2. The Hall–Kier alpha value is -1.96. The summed E-state index contributed by atoms with van der Waals surface area (Å²) in [7, 11) is -3.69. The second kappa shape index (κ2) is 8.19. The van der Waals surface area contributed by atoms with Gasteiger partial charge in [0.25, 0.3) is 5.91 Å². The first kappa shape index (κ1) is 20.8. The summed E-state index contributed by atoms with van der Waals surface area (Å²) in [4.78, 5) is 12.6. The Morgan fingerprint density at radius 3 is 2.46 bits per heavy atom. The van der Waals surface area contributed by atoms with E-state index in [4.69, 9.17) is 11.6 Å². The van der Waals surface area contributed by atoms with E-state index in [0.29, 0.717) is 13.1 Å². The van der Waals surface area contributed by atoms with Crippen molar-refractivity contribution in [1.82, 2.24) is 4.31 Å². The third-order valence-corrected chi connectivity index (χ3v) is 6.89. The molecule has 1 saturated heterocycles. The molecule has 3 rings (SSSR count). The lowest BCUT2D eigenvalue weighted by molar-refractivity contribution is 0.102. The third kappa shape index (κ3) is 4.54. The number of benzene rings is 2. The summed E-state index contributed by atoms with van der Waals surface area (Å²) in [6, 6.07) is 9.52. The van der Waals surface area contributed by atoms with Gasteiger partial charge >= 0.3 is 0 Å². The second-order valence-electron chi connectivity index (χ2n) is 7.37. The molecule has 1 aliphatic heterocycles. The van der Waals surface area contributed by atoms with Crippen LogP contribution < -0.4 is 5.32 Å². The van der Waals surface area contributed by atoms with Crippen LogP contribution >= 0.6 is 11.6 Å². The fourth-order valence-electron chi connectivity index (χ4n) is 3.53. The number of amides is 1. The molecular formula is C20H22ClFN2O3S. The highest BCUT2D eigenvalue weighted by molar-refractivity contribution is 7.89. The molecule has 2 atom stereocenters. The van der Waals surface area contributed by atoms with Gasteiger partial charge < -0.3 is 5.32 Å².